The highest BCUT2D eigenvalue weighted by Crippen LogP contribution is 2.28. The van der Waals surface area contributed by atoms with Gasteiger partial charge in [0.05, 0.1) is 0 Å². The molecule has 4 heteroatoms. The van der Waals surface area contributed by atoms with Crippen molar-refractivity contribution in [1.29, 1.82) is 0 Å². The largest absolute Gasteiger partial charge is 1.00 e. The number of hydrogen-bond donors (Lipinski definition) is 0. The zero-order valence-corrected chi connectivity index (χ0v) is 12.6. The zero-order valence-electron chi connectivity index (χ0n) is 9.73. The molecule has 1 aromatic carbocycles. The lowest BCUT2D eigenvalue weighted by molar-refractivity contribution is -0.671. The van der Waals surface area contributed by atoms with E-state index in [1.165, 1.54) is 0 Å². The van der Waals surface area contributed by atoms with E-state index in [0.29, 0.717) is 0 Å². The highest BCUT2D eigenvalue weighted by molar-refractivity contribution is 6.31. The first-order valence-corrected chi connectivity index (χ1v) is 5.75. The number of furan rings is 1. The van der Waals surface area contributed by atoms with Gasteiger partial charge in [-0.05, 0) is 24.3 Å². The second kappa shape index (κ2) is 5.28. The van der Waals surface area contributed by atoms with Crippen molar-refractivity contribution in [2.45, 2.75) is 0 Å². The van der Waals surface area contributed by atoms with Crippen LogP contribution in [0.25, 0.3) is 22.3 Å². The van der Waals surface area contributed by atoms with Gasteiger partial charge in [0, 0.05) is 28.1 Å². The third kappa shape index (κ3) is 2.52. The Morgan fingerprint density at radius 2 is 1.78 bits per heavy atom. The van der Waals surface area contributed by atoms with Crippen molar-refractivity contribution < 1.29 is 33.0 Å². The molecule has 92 valence electrons. The van der Waals surface area contributed by atoms with Crippen LogP contribution < -0.4 is 28.5 Å². The fourth-order valence-corrected chi connectivity index (χ4v) is 2.00. The van der Waals surface area contributed by atoms with Crippen LogP contribution in [0.1, 0.15) is 0 Å². The van der Waals surface area contributed by atoms with Crippen molar-refractivity contribution in [1.82, 2.24) is 0 Å². The number of aryl methyl sites for hydroxylation is 1. The molecule has 3 aromatic rings. The minimum atomic E-state index is 0. The van der Waals surface area contributed by atoms with Gasteiger partial charge in [-0.2, -0.15) is 0 Å². The van der Waals surface area contributed by atoms with Crippen LogP contribution in [-0.2, 0) is 7.05 Å². The Kier molecular flexibility index (Phi) is 3.92. The summed E-state index contributed by atoms with van der Waals surface area (Å²) in [6.45, 7) is 0. The molecule has 0 bridgehead atoms. The Bertz CT molecular complexity index is 676. The molecule has 3 rings (SSSR count). The van der Waals surface area contributed by atoms with E-state index in [4.69, 9.17) is 16.0 Å². The van der Waals surface area contributed by atoms with Crippen molar-refractivity contribution in [2.75, 3.05) is 0 Å². The number of fused-ring (bicyclic) bond motifs is 1. The van der Waals surface area contributed by atoms with E-state index in [2.05, 4.69) is 0 Å². The number of benzene rings is 1. The van der Waals surface area contributed by atoms with E-state index in [-0.39, 0.29) is 24.0 Å². The average molecular weight is 372 g/mol. The normalized spacial score (nSPS) is 10.3. The maximum Gasteiger partial charge on any atom is 0.169 e. The van der Waals surface area contributed by atoms with Gasteiger partial charge in [-0.1, -0.05) is 11.6 Å². The number of rotatable bonds is 1. The first-order chi connectivity index (χ1) is 8.22. The predicted octanol–water partition coefficient (Wildman–Crippen LogP) is 0.582. The van der Waals surface area contributed by atoms with Crippen LogP contribution in [0.4, 0.5) is 0 Å². The summed E-state index contributed by atoms with van der Waals surface area (Å²) in [5, 5.41) is 1.75. The van der Waals surface area contributed by atoms with Crippen molar-refractivity contribution >= 4 is 22.6 Å². The van der Waals surface area contributed by atoms with Crippen LogP contribution in [0.5, 0.6) is 0 Å². The van der Waals surface area contributed by atoms with Crippen molar-refractivity contribution in [3.8, 4) is 11.3 Å². The van der Waals surface area contributed by atoms with E-state index < -0.39 is 0 Å². The number of aromatic nitrogens is 1. The molecule has 0 aliphatic heterocycles. The lowest BCUT2D eigenvalue weighted by Crippen LogP contribution is -3.00. The van der Waals surface area contributed by atoms with Crippen molar-refractivity contribution in [3.05, 3.63) is 53.8 Å². The van der Waals surface area contributed by atoms with Gasteiger partial charge < -0.3 is 28.4 Å². The van der Waals surface area contributed by atoms with Gasteiger partial charge in [-0.3, -0.25) is 0 Å². The molecule has 0 N–H and O–H groups in total. The Hall–Kier alpha value is -1.07. The molecule has 0 amide bonds. The number of pyridine rings is 1. The maximum atomic E-state index is 5.95. The van der Waals surface area contributed by atoms with Crippen LogP contribution >= 0.6 is 11.6 Å². The molecule has 2 nitrogen and oxygen atoms in total. The molecule has 18 heavy (non-hydrogen) atoms. The molecule has 2 heterocycles. The lowest BCUT2D eigenvalue weighted by Gasteiger charge is -1.93. The Morgan fingerprint density at radius 1 is 1.06 bits per heavy atom. The summed E-state index contributed by atoms with van der Waals surface area (Å²) in [6, 6.07) is 11.7. The smallest absolute Gasteiger partial charge is 0.169 e. The van der Waals surface area contributed by atoms with Crippen LogP contribution in [0.2, 0.25) is 5.02 Å². The fourth-order valence-electron chi connectivity index (χ4n) is 1.82. The molecule has 0 unspecified atom stereocenters. The van der Waals surface area contributed by atoms with Crippen molar-refractivity contribution in [3.63, 3.8) is 0 Å². The van der Waals surface area contributed by atoms with Crippen LogP contribution in [0, 0.1) is 0 Å². The van der Waals surface area contributed by atoms with Gasteiger partial charge in [0.15, 0.2) is 12.4 Å². The second-order valence-electron chi connectivity index (χ2n) is 4.05. The fraction of sp³-hybridized carbons (Fsp3) is 0.0714. The summed E-state index contributed by atoms with van der Waals surface area (Å²) in [5.41, 5.74) is 1.92. The lowest BCUT2D eigenvalue weighted by atomic mass is 10.2. The first kappa shape index (κ1) is 13.4. The average Bonchev–Trinajstić information content (AvgIpc) is 2.72. The molecule has 0 saturated heterocycles. The Labute approximate surface area is 127 Å². The summed E-state index contributed by atoms with van der Waals surface area (Å²) in [6.07, 6.45) is 3.99. The van der Waals surface area contributed by atoms with E-state index in [1.54, 1.807) is 0 Å². The van der Waals surface area contributed by atoms with E-state index in [9.17, 15) is 0 Å². The van der Waals surface area contributed by atoms with Crippen LogP contribution in [-0.4, -0.2) is 0 Å². The van der Waals surface area contributed by atoms with Gasteiger partial charge in [-0.15, -0.1) is 0 Å². The summed E-state index contributed by atoms with van der Waals surface area (Å²) in [7, 11) is 1.99. The first-order valence-electron chi connectivity index (χ1n) is 5.37. The maximum absolute atomic E-state index is 5.95. The molecule has 0 aliphatic carbocycles. The number of hydrogen-bond acceptors (Lipinski definition) is 1. The zero-order chi connectivity index (χ0) is 11.8. The predicted molar refractivity (Wildman–Crippen MR) is 67.8 cm³/mol. The minimum Gasteiger partial charge on any atom is -1.00 e. The van der Waals surface area contributed by atoms with Crippen LogP contribution in [0.15, 0.2) is 53.2 Å². The third-order valence-corrected chi connectivity index (χ3v) is 2.98. The molecule has 0 fully saturated rings. The molecule has 0 atom stereocenters. The van der Waals surface area contributed by atoms with E-state index in [1.807, 2.05) is 60.4 Å². The Balaban J connectivity index is 0.00000120. The van der Waals surface area contributed by atoms with E-state index in [0.717, 1.165) is 27.3 Å². The quantitative estimate of drug-likeness (QED) is 0.452. The molecule has 0 spiro atoms. The standard InChI is InChI=1S/C14H11ClNO.HI/c1-16-6-4-10(5-7-16)14-9-11-8-12(15)2-3-13(11)17-14;/h2-9H,1H3;1H/q+1;/p-1. The SMILES string of the molecule is C[n+]1ccc(-c2cc3cc(Cl)ccc3o2)cc1.[I-]. The molecule has 0 aliphatic rings. The monoisotopic (exact) mass is 371 g/mol. The molecular formula is C14H11ClINO. The topological polar surface area (TPSA) is 17.0 Å². The summed E-state index contributed by atoms with van der Waals surface area (Å²) in [5.74, 6) is 0.864. The minimum absolute atomic E-state index is 0. The van der Waals surface area contributed by atoms with E-state index >= 15 is 0 Å². The summed E-state index contributed by atoms with van der Waals surface area (Å²) < 4.78 is 7.77. The van der Waals surface area contributed by atoms with Gasteiger partial charge in [0.1, 0.15) is 18.4 Å². The van der Waals surface area contributed by atoms with Gasteiger partial charge in [-0.25, -0.2) is 4.57 Å². The molecule has 2 aromatic heterocycles. The Morgan fingerprint density at radius 3 is 2.50 bits per heavy atom. The number of halogens is 2. The summed E-state index contributed by atoms with van der Waals surface area (Å²) >= 11 is 5.95. The molecule has 0 radical (unpaired) electrons. The van der Waals surface area contributed by atoms with Gasteiger partial charge >= 0.3 is 0 Å². The second-order valence-corrected chi connectivity index (χ2v) is 4.48. The van der Waals surface area contributed by atoms with Gasteiger partial charge in [0.2, 0.25) is 0 Å². The highest BCUT2D eigenvalue weighted by Gasteiger charge is 2.07. The molecular weight excluding hydrogens is 361 g/mol. The van der Waals surface area contributed by atoms with Crippen molar-refractivity contribution in [2.24, 2.45) is 7.05 Å². The van der Waals surface area contributed by atoms with Crippen LogP contribution in [0.3, 0.4) is 0 Å². The summed E-state index contributed by atoms with van der Waals surface area (Å²) in [4.78, 5) is 0. The number of nitrogens with zero attached hydrogens (tertiary/aromatic N) is 1. The van der Waals surface area contributed by atoms with Gasteiger partial charge in [0.25, 0.3) is 0 Å². The highest BCUT2D eigenvalue weighted by atomic mass is 127. The third-order valence-electron chi connectivity index (χ3n) is 2.74. The molecule has 0 saturated carbocycles.